The smallest absolute Gasteiger partial charge is 0.221 e. The average molecular weight is 554 g/mol. The lowest BCUT2D eigenvalue weighted by molar-refractivity contribution is -0.117. The van der Waals surface area contributed by atoms with Gasteiger partial charge in [-0.1, -0.05) is 38.8 Å². The van der Waals surface area contributed by atoms with Gasteiger partial charge in [-0.3, -0.25) is 19.3 Å². The van der Waals surface area contributed by atoms with Gasteiger partial charge in [-0.25, -0.2) is 0 Å². The van der Waals surface area contributed by atoms with E-state index in [4.69, 9.17) is 5.73 Å². The van der Waals surface area contributed by atoms with E-state index in [0.29, 0.717) is 18.7 Å². The van der Waals surface area contributed by atoms with Gasteiger partial charge in [0.1, 0.15) is 0 Å². The zero-order chi connectivity index (χ0) is 29.3. The van der Waals surface area contributed by atoms with Crippen LogP contribution in [0.5, 0.6) is 0 Å². The molecule has 1 atom stereocenters. The minimum absolute atomic E-state index is 0.116. The van der Waals surface area contributed by atoms with Crippen molar-refractivity contribution in [1.29, 1.82) is 0 Å². The molecule has 0 aliphatic carbocycles. The Kier molecular flexibility index (Phi) is 11.8. The van der Waals surface area contributed by atoms with Crippen molar-refractivity contribution in [1.82, 2.24) is 24.3 Å². The van der Waals surface area contributed by atoms with E-state index in [2.05, 4.69) is 49.0 Å². The van der Waals surface area contributed by atoms with Crippen LogP contribution in [0.4, 0.5) is 0 Å². The van der Waals surface area contributed by atoms with Crippen molar-refractivity contribution < 1.29 is 9.59 Å². The van der Waals surface area contributed by atoms with E-state index < -0.39 is 5.91 Å². The Morgan fingerprint density at radius 2 is 1.97 bits per heavy atom. The number of thioether (sulfide) groups is 1. The number of nitrogens with two attached hydrogens (primary N) is 1. The summed E-state index contributed by atoms with van der Waals surface area (Å²) < 4.78 is 3.63. The molecule has 0 spiro atoms. The van der Waals surface area contributed by atoms with Crippen LogP contribution in [0, 0.1) is 0 Å². The first kappa shape index (κ1) is 31.7. The Labute approximate surface area is 237 Å². The molecule has 0 fully saturated rings. The number of aryl methyl sites for hydroxylation is 1. The highest BCUT2D eigenvalue weighted by atomic mass is 32.2. The van der Waals surface area contributed by atoms with Crippen LogP contribution in [-0.2, 0) is 31.9 Å². The zero-order valence-electron chi connectivity index (χ0n) is 24.4. The normalized spacial score (nSPS) is 12.3. The van der Waals surface area contributed by atoms with Gasteiger partial charge in [0, 0.05) is 69.1 Å². The summed E-state index contributed by atoms with van der Waals surface area (Å²) in [7, 11) is 7.57. The predicted octanol–water partition coefficient (Wildman–Crippen LogP) is 4.60. The quantitative estimate of drug-likeness (QED) is 0.107. The number of allylic oxidation sites excluding steroid dienone is 3. The molecular formula is C29H43N7O2S. The van der Waals surface area contributed by atoms with Crippen molar-refractivity contribution >= 4 is 30.2 Å². The minimum Gasteiger partial charge on any atom is -0.381 e. The molecule has 0 aromatic carbocycles. The summed E-state index contributed by atoms with van der Waals surface area (Å²) in [4.78, 5) is 27.7. The van der Waals surface area contributed by atoms with Gasteiger partial charge in [0.2, 0.25) is 5.91 Å². The summed E-state index contributed by atoms with van der Waals surface area (Å²) in [5, 5.41) is 10.8. The van der Waals surface area contributed by atoms with Gasteiger partial charge < -0.3 is 15.2 Å². The largest absolute Gasteiger partial charge is 0.381 e. The number of aldehydes is 1. The van der Waals surface area contributed by atoms with Gasteiger partial charge in [-0.05, 0) is 42.0 Å². The molecule has 0 saturated carbocycles. The van der Waals surface area contributed by atoms with Gasteiger partial charge in [-0.15, -0.1) is 0 Å². The maximum absolute atomic E-state index is 12.2. The lowest BCUT2D eigenvalue weighted by atomic mass is 10.0. The number of rotatable bonds is 16. The van der Waals surface area contributed by atoms with Crippen molar-refractivity contribution in [3.8, 4) is 0 Å². The van der Waals surface area contributed by atoms with E-state index in [0.717, 1.165) is 57.1 Å². The Morgan fingerprint density at radius 1 is 1.28 bits per heavy atom. The first-order valence-corrected chi connectivity index (χ1v) is 13.9. The Hall–Kier alpha value is -3.53. The summed E-state index contributed by atoms with van der Waals surface area (Å²) in [5.74, 6) is -0.180. The van der Waals surface area contributed by atoms with Gasteiger partial charge >= 0.3 is 0 Å². The van der Waals surface area contributed by atoms with Crippen LogP contribution in [-0.4, -0.2) is 63.3 Å². The fourth-order valence-electron chi connectivity index (χ4n) is 4.14. The fourth-order valence-corrected chi connectivity index (χ4v) is 5.39. The molecule has 39 heavy (non-hydrogen) atoms. The highest BCUT2D eigenvalue weighted by Crippen LogP contribution is 2.40. The predicted molar refractivity (Wildman–Crippen MR) is 161 cm³/mol. The second-order valence-electron chi connectivity index (χ2n) is 9.84. The van der Waals surface area contributed by atoms with Crippen molar-refractivity contribution in [2.75, 3.05) is 20.6 Å². The molecule has 2 heterocycles. The summed E-state index contributed by atoms with van der Waals surface area (Å²) in [6.07, 6.45) is 10.1. The second kappa shape index (κ2) is 14.6. The third-order valence-electron chi connectivity index (χ3n) is 6.52. The van der Waals surface area contributed by atoms with Crippen molar-refractivity contribution in [2.45, 2.75) is 57.4 Å². The zero-order valence-corrected chi connectivity index (χ0v) is 25.2. The Bertz CT molecular complexity index is 1250. The third-order valence-corrected chi connectivity index (χ3v) is 7.59. The highest BCUT2D eigenvalue weighted by Gasteiger charge is 2.24. The Morgan fingerprint density at radius 3 is 2.56 bits per heavy atom. The van der Waals surface area contributed by atoms with E-state index >= 15 is 0 Å². The minimum atomic E-state index is -0.412. The van der Waals surface area contributed by atoms with Gasteiger partial charge in [0.05, 0.1) is 30.6 Å². The molecule has 0 saturated heterocycles. The summed E-state index contributed by atoms with van der Waals surface area (Å²) in [6, 6.07) is 0. The fraction of sp³-hybridized carbons (Fsp3) is 0.448. The van der Waals surface area contributed by atoms with Gasteiger partial charge in [-0.2, -0.15) is 10.2 Å². The number of aromatic nitrogens is 3. The van der Waals surface area contributed by atoms with Crippen LogP contribution >= 0.6 is 11.8 Å². The molecule has 0 aliphatic rings. The van der Waals surface area contributed by atoms with E-state index in [1.165, 1.54) is 0 Å². The lowest BCUT2D eigenvalue weighted by Gasteiger charge is -2.15. The molecule has 0 bridgehead atoms. The first-order valence-electron chi connectivity index (χ1n) is 13.1. The number of nitrogens with zero attached hydrogens (tertiary/aromatic N) is 6. The van der Waals surface area contributed by atoms with Crippen LogP contribution in [0.2, 0.25) is 0 Å². The molecule has 212 valence electrons. The molecule has 2 aromatic heterocycles. The van der Waals surface area contributed by atoms with Gasteiger partial charge in [0.15, 0.2) is 6.29 Å². The number of hydrogen-bond acceptors (Lipinski definition) is 7. The standard InChI is InChI=1S/C29H43N7O2S/c1-10-21(4)28-29(39-22(5)14-20(3)12-13-33(6)11-2)24(26(19-37)36(28)9)16-31-34(7)18-25-23(15-27(30)38)17-35(8)32-25/h12-13,16-17,19,21H,3,5,10-11,14-15,18H2,1-2,4,6-9H3,(H2,30,38)/b13-12-,31-16-. The second-order valence-corrected chi connectivity index (χ2v) is 11.0. The SMILES string of the molecule is C=C(/C=C\N(C)CC)CC(=C)Sc1c(/C=N\N(C)Cc2nn(C)cc2CC(N)=O)c(C=O)n(C)c1C(C)CC. The molecule has 2 aromatic rings. The maximum Gasteiger partial charge on any atom is 0.221 e. The van der Waals surface area contributed by atoms with E-state index in [1.807, 2.05) is 38.0 Å². The van der Waals surface area contributed by atoms with Gasteiger partial charge in [0.25, 0.3) is 0 Å². The van der Waals surface area contributed by atoms with E-state index in [9.17, 15) is 9.59 Å². The van der Waals surface area contributed by atoms with Crippen molar-refractivity contribution in [2.24, 2.45) is 24.9 Å². The summed E-state index contributed by atoms with van der Waals surface area (Å²) in [5.41, 5.74) is 10.3. The van der Waals surface area contributed by atoms with Crippen molar-refractivity contribution in [3.05, 3.63) is 70.3 Å². The molecule has 2 rings (SSSR count). The highest BCUT2D eigenvalue weighted by molar-refractivity contribution is 8.03. The van der Waals surface area contributed by atoms with Crippen LogP contribution in [0.15, 0.2) is 52.1 Å². The molecule has 1 amide bonds. The molecule has 0 radical (unpaired) electrons. The van der Waals surface area contributed by atoms with Crippen LogP contribution in [0.1, 0.15) is 72.5 Å². The third kappa shape index (κ3) is 8.74. The maximum atomic E-state index is 12.2. The van der Waals surface area contributed by atoms with Crippen LogP contribution in [0.25, 0.3) is 0 Å². The number of amides is 1. The Balaban J connectivity index is 2.38. The number of carbonyl (C=O) groups is 2. The van der Waals surface area contributed by atoms with Crippen LogP contribution in [0.3, 0.4) is 0 Å². The van der Waals surface area contributed by atoms with Crippen LogP contribution < -0.4 is 5.73 Å². The monoisotopic (exact) mass is 553 g/mol. The summed E-state index contributed by atoms with van der Waals surface area (Å²) >= 11 is 1.57. The molecule has 0 aliphatic heterocycles. The summed E-state index contributed by atoms with van der Waals surface area (Å²) in [6.45, 7) is 16.2. The number of hydrazone groups is 1. The number of hydrogen-bond donors (Lipinski definition) is 1. The number of carbonyl (C=O) groups excluding carboxylic acids is 2. The average Bonchev–Trinajstić information content (AvgIpc) is 3.34. The topological polar surface area (TPSA) is 102 Å². The molecular weight excluding hydrogens is 510 g/mol. The van der Waals surface area contributed by atoms with E-state index in [-0.39, 0.29) is 12.3 Å². The lowest BCUT2D eigenvalue weighted by Crippen LogP contribution is -2.17. The molecule has 1 unspecified atom stereocenters. The molecule has 9 nitrogen and oxygen atoms in total. The van der Waals surface area contributed by atoms with E-state index in [1.54, 1.807) is 40.9 Å². The van der Waals surface area contributed by atoms with Crippen molar-refractivity contribution in [3.63, 3.8) is 0 Å². The molecule has 10 heteroatoms. The number of primary amides is 1. The molecule has 2 N–H and O–H groups in total. The first-order chi connectivity index (χ1) is 18.4.